The molecule has 0 aliphatic carbocycles. The molecule has 0 aliphatic rings. The van der Waals surface area contributed by atoms with Crippen LogP contribution in [0.15, 0.2) is 30.3 Å². The van der Waals surface area contributed by atoms with Gasteiger partial charge in [0.15, 0.2) is 0 Å². The van der Waals surface area contributed by atoms with Gasteiger partial charge in [-0.2, -0.15) is 0 Å². The topological polar surface area (TPSA) is 30.9 Å². The van der Waals surface area contributed by atoms with Crippen molar-refractivity contribution in [2.75, 3.05) is 31.3 Å². The average Bonchev–Trinajstić information content (AvgIpc) is 2.54. The summed E-state index contributed by atoms with van der Waals surface area (Å²) >= 11 is 0. The van der Waals surface area contributed by atoms with Crippen LogP contribution < -0.4 is 4.90 Å². The maximum absolute atomic E-state index is 6.12. The highest BCUT2D eigenvalue weighted by atomic mass is 28.4. The Bertz CT molecular complexity index is 385. The van der Waals surface area contributed by atoms with Crippen LogP contribution in [-0.2, 0) is 13.3 Å². The summed E-state index contributed by atoms with van der Waals surface area (Å²) in [5, 5.41) is 0. The second kappa shape index (κ2) is 10.00. The van der Waals surface area contributed by atoms with Crippen molar-refractivity contribution in [3.63, 3.8) is 0 Å². The highest BCUT2D eigenvalue weighted by Crippen LogP contribution is 2.27. The van der Waals surface area contributed by atoms with Crippen LogP contribution >= 0.6 is 0 Å². The smallest absolute Gasteiger partial charge is 0.373 e. The van der Waals surface area contributed by atoms with E-state index in [1.165, 1.54) is 5.69 Å². The van der Waals surface area contributed by atoms with Gasteiger partial charge in [0.1, 0.15) is 0 Å². The zero-order valence-corrected chi connectivity index (χ0v) is 15.7. The molecule has 0 amide bonds. The normalized spacial score (nSPS) is 13.1. The predicted octanol–water partition coefficient (Wildman–Crippen LogP) is 3.88. The van der Waals surface area contributed by atoms with Gasteiger partial charge in [0.2, 0.25) is 0 Å². The summed E-state index contributed by atoms with van der Waals surface area (Å²) in [6.45, 7) is 13.1. The molecule has 0 saturated carbocycles. The number of hydrogen-bond donors (Lipinski definition) is 0. The lowest BCUT2D eigenvalue weighted by Gasteiger charge is -2.41. The molecule has 4 nitrogen and oxygen atoms in total. The lowest BCUT2D eigenvalue weighted by atomic mass is 10.2. The first kappa shape index (κ1) is 19.2. The molecule has 1 unspecified atom stereocenters. The van der Waals surface area contributed by atoms with Gasteiger partial charge in [0.25, 0.3) is 0 Å². The van der Waals surface area contributed by atoms with E-state index in [1.807, 2.05) is 26.8 Å². The van der Waals surface area contributed by atoms with Crippen molar-refractivity contribution in [2.24, 2.45) is 0 Å². The van der Waals surface area contributed by atoms with E-state index >= 15 is 0 Å². The summed E-state index contributed by atoms with van der Waals surface area (Å²) in [6.07, 6.45) is 0.926. The van der Waals surface area contributed by atoms with Gasteiger partial charge in [0.05, 0.1) is 5.67 Å². The minimum absolute atomic E-state index is 0.125. The molecule has 1 rings (SSSR count). The van der Waals surface area contributed by atoms with E-state index in [1.54, 1.807) is 0 Å². The largest absolute Gasteiger partial charge is 0.524 e. The fourth-order valence-electron chi connectivity index (χ4n) is 2.88. The zero-order valence-electron chi connectivity index (χ0n) is 14.7. The third kappa shape index (κ3) is 4.55. The maximum atomic E-state index is 6.12. The monoisotopic (exact) mass is 325 g/mol. The van der Waals surface area contributed by atoms with E-state index < -0.39 is 8.80 Å². The van der Waals surface area contributed by atoms with Gasteiger partial charge < -0.3 is 18.2 Å². The second-order valence-electron chi connectivity index (χ2n) is 4.95. The van der Waals surface area contributed by atoms with Crippen molar-refractivity contribution in [3.8, 4) is 0 Å². The Kier molecular flexibility index (Phi) is 8.71. The Balaban J connectivity index is 3.19. The summed E-state index contributed by atoms with van der Waals surface area (Å²) in [5.74, 6) is 0. The first-order valence-corrected chi connectivity index (χ1v) is 10.2. The molecular formula is C17H31NO3Si. The lowest BCUT2D eigenvalue weighted by Crippen LogP contribution is -2.63. The molecule has 0 fully saturated rings. The average molecular weight is 326 g/mol. The van der Waals surface area contributed by atoms with Gasteiger partial charge in [-0.1, -0.05) is 25.1 Å². The zero-order chi connectivity index (χ0) is 16.4. The molecule has 1 aromatic carbocycles. The number of para-hydroxylation sites is 1. The fraction of sp³-hybridized carbons (Fsp3) is 0.647. The number of hydrogen-bond acceptors (Lipinski definition) is 4. The van der Waals surface area contributed by atoms with Crippen molar-refractivity contribution < 1.29 is 13.3 Å². The van der Waals surface area contributed by atoms with E-state index in [-0.39, 0.29) is 5.67 Å². The first-order valence-electron chi connectivity index (χ1n) is 8.42. The van der Waals surface area contributed by atoms with Crippen molar-refractivity contribution in [1.82, 2.24) is 0 Å². The van der Waals surface area contributed by atoms with Gasteiger partial charge in [0, 0.05) is 32.1 Å². The van der Waals surface area contributed by atoms with Crippen LogP contribution in [0, 0.1) is 0 Å². The Morgan fingerprint density at radius 3 is 1.73 bits per heavy atom. The Labute approximate surface area is 136 Å². The van der Waals surface area contributed by atoms with Crippen molar-refractivity contribution >= 4 is 14.5 Å². The molecule has 0 bridgehead atoms. The maximum Gasteiger partial charge on any atom is 0.524 e. The molecule has 1 atom stereocenters. The Hall–Kier alpha value is -0.883. The van der Waals surface area contributed by atoms with Gasteiger partial charge >= 0.3 is 8.80 Å². The van der Waals surface area contributed by atoms with E-state index in [0.29, 0.717) is 19.8 Å². The molecule has 1 aromatic rings. The van der Waals surface area contributed by atoms with Gasteiger partial charge in [-0.25, -0.2) is 0 Å². The summed E-state index contributed by atoms with van der Waals surface area (Å²) in [5.41, 5.74) is 1.31. The molecule has 5 heteroatoms. The third-order valence-corrected chi connectivity index (χ3v) is 7.25. The molecule has 0 spiro atoms. The van der Waals surface area contributed by atoms with E-state index in [2.05, 4.69) is 43.0 Å². The molecule has 0 heterocycles. The van der Waals surface area contributed by atoms with E-state index in [9.17, 15) is 0 Å². The van der Waals surface area contributed by atoms with Crippen LogP contribution in [-0.4, -0.2) is 40.8 Å². The summed E-state index contributed by atoms with van der Waals surface area (Å²) < 4.78 is 18.4. The number of nitrogens with zero attached hydrogens (tertiary/aromatic N) is 1. The van der Waals surface area contributed by atoms with Crippen LogP contribution in [0.5, 0.6) is 0 Å². The molecule has 0 radical (unpaired) electrons. The van der Waals surface area contributed by atoms with Crippen molar-refractivity contribution in [3.05, 3.63) is 30.3 Å². The molecular weight excluding hydrogens is 294 g/mol. The summed E-state index contributed by atoms with van der Waals surface area (Å²) in [6, 6.07) is 10.4. The minimum atomic E-state index is -2.77. The number of benzene rings is 1. The molecule has 0 aromatic heterocycles. The van der Waals surface area contributed by atoms with Gasteiger partial charge in [-0.3, -0.25) is 0 Å². The minimum Gasteiger partial charge on any atom is -0.373 e. The molecule has 22 heavy (non-hydrogen) atoms. The third-order valence-electron chi connectivity index (χ3n) is 3.64. The van der Waals surface area contributed by atoms with Gasteiger partial charge in [-0.05, 0) is 46.2 Å². The van der Waals surface area contributed by atoms with Crippen molar-refractivity contribution in [2.45, 2.75) is 46.7 Å². The van der Waals surface area contributed by atoms with Crippen LogP contribution in [0.4, 0.5) is 5.69 Å². The van der Waals surface area contributed by atoms with Crippen LogP contribution in [0.3, 0.4) is 0 Å². The molecule has 126 valence electrons. The lowest BCUT2D eigenvalue weighted by molar-refractivity contribution is 0.0609. The summed E-state index contributed by atoms with van der Waals surface area (Å²) in [7, 11) is -2.77. The quantitative estimate of drug-likeness (QED) is 0.578. The molecule has 0 N–H and O–H groups in total. The highest BCUT2D eigenvalue weighted by Gasteiger charge is 2.51. The highest BCUT2D eigenvalue weighted by molar-refractivity contribution is 6.63. The van der Waals surface area contributed by atoms with Crippen LogP contribution in [0.1, 0.15) is 41.0 Å². The van der Waals surface area contributed by atoms with Crippen LogP contribution in [0.2, 0.25) is 0 Å². The van der Waals surface area contributed by atoms with E-state index in [4.69, 9.17) is 13.3 Å². The molecule has 0 saturated heterocycles. The Morgan fingerprint density at radius 2 is 1.36 bits per heavy atom. The molecule has 0 aliphatic heterocycles. The van der Waals surface area contributed by atoms with Gasteiger partial charge in [-0.15, -0.1) is 0 Å². The SMILES string of the molecule is CCO[Si](OCC)(OCC)C(CC)N(CC)c1ccccc1. The van der Waals surface area contributed by atoms with Crippen LogP contribution in [0.25, 0.3) is 0 Å². The van der Waals surface area contributed by atoms with Crippen molar-refractivity contribution in [1.29, 1.82) is 0 Å². The van der Waals surface area contributed by atoms with E-state index in [0.717, 1.165) is 13.0 Å². The second-order valence-corrected chi connectivity index (χ2v) is 7.69. The number of anilines is 1. The predicted molar refractivity (Wildman–Crippen MR) is 94.2 cm³/mol. The number of rotatable bonds is 11. The standard InChI is InChI=1S/C17H31NO3Si/c1-6-17(18(7-2)16-14-12-11-13-15-16)22(19-8-3,20-9-4)21-10-5/h11-15,17H,6-10H2,1-5H3. The summed E-state index contributed by atoms with van der Waals surface area (Å²) in [4.78, 5) is 2.35. The Morgan fingerprint density at radius 1 is 0.864 bits per heavy atom. The fourth-order valence-corrected chi connectivity index (χ4v) is 6.13. The first-order chi connectivity index (χ1) is 10.7.